The summed E-state index contributed by atoms with van der Waals surface area (Å²) in [6.45, 7) is 0. The molecule has 4 heteroatoms. The van der Waals surface area contributed by atoms with Crippen LogP contribution in [-0.4, -0.2) is 0 Å². The summed E-state index contributed by atoms with van der Waals surface area (Å²) in [5.41, 5.74) is 0. The molecule has 0 aliphatic carbocycles. The van der Waals surface area contributed by atoms with E-state index in [0.717, 1.165) is 0 Å². The van der Waals surface area contributed by atoms with Gasteiger partial charge < -0.3 is 12.3 Å². The molecule has 0 spiro atoms. The van der Waals surface area contributed by atoms with Gasteiger partial charge in [0.2, 0.25) is 0 Å². The van der Waals surface area contributed by atoms with Gasteiger partial charge in [-0.25, -0.2) is 0 Å². The van der Waals surface area contributed by atoms with Crippen LogP contribution >= 0.6 is 0 Å². The molecule has 4 heavy (non-hydrogen) atoms. The molecule has 0 rings (SSSR count). The molecule has 2 nitrogen and oxygen atoms in total. The molecule has 1 radical (unpaired) electrons. The first-order valence-corrected chi connectivity index (χ1v) is 0. The van der Waals surface area contributed by atoms with Gasteiger partial charge >= 0.3 is 38.8 Å². The van der Waals surface area contributed by atoms with E-state index in [0.29, 0.717) is 0 Å². The van der Waals surface area contributed by atoms with Crippen LogP contribution < -0.4 is 0 Å². The van der Waals surface area contributed by atoms with Gasteiger partial charge in [0, 0.05) is 0 Å². The Bertz CT molecular complexity index is 6.00. The summed E-state index contributed by atoms with van der Waals surface area (Å²) in [6, 6.07) is 0. The van der Waals surface area contributed by atoms with Crippen molar-refractivity contribution in [2.24, 2.45) is 0 Å². The van der Waals surface area contributed by atoms with Gasteiger partial charge in [0.25, 0.3) is 0 Å². The molecule has 0 N–H and O–H groups in total. The summed E-state index contributed by atoms with van der Waals surface area (Å²) in [7, 11) is 0. The first-order chi connectivity index (χ1) is 0. The zero-order valence-corrected chi connectivity index (χ0v) is 4.20. The summed E-state index contributed by atoms with van der Waals surface area (Å²) in [5, 5.41) is 0. The monoisotopic (exact) mass is 139 g/mol. The first kappa shape index (κ1) is 66.8. The van der Waals surface area contributed by atoms with Gasteiger partial charge in [-0.2, -0.15) is 0 Å². The number of nitrogens with zero attached hydrogens (tertiary/aromatic N) is 2. The third-order valence-corrected chi connectivity index (χ3v) is 0. The summed E-state index contributed by atoms with van der Waals surface area (Å²) >= 11 is 0. The van der Waals surface area contributed by atoms with E-state index in [-0.39, 0.29) is 51.1 Å². The van der Waals surface area contributed by atoms with Crippen molar-refractivity contribution in [2.45, 2.75) is 0 Å². The van der Waals surface area contributed by atoms with Crippen LogP contribution in [0.4, 0.5) is 0 Å². The van der Waals surface area contributed by atoms with Crippen molar-refractivity contribution in [3.05, 3.63) is 12.3 Å². The smallest absolute Gasteiger partial charge is 3.00 e. The van der Waals surface area contributed by atoms with Crippen molar-refractivity contribution >= 4 is 0 Å². The van der Waals surface area contributed by atoms with Crippen LogP contribution in [0.15, 0.2) is 0 Å². The van der Waals surface area contributed by atoms with Crippen molar-refractivity contribution in [1.82, 2.24) is 0 Å². The third-order valence-electron chi connectivity index (χ3n) is 0. The molecule has 0 amide bonds. The average molecular weight is 139 g/mol. The molecule has 0 bridgehead atoms. The van der Waals surface area contributed by atoms with Gasteiger partial charge in [0.05, 0.1) is 0 Å². The van der Waals surface area contributed by atoms with Gasteiger partial charge in [-0.15, -0.1) is 0 Å². The fourth-order valence-electron chi connectivity index (χ4n) is 0. The molecule has 0 aromatic carbocycles. The van der Waals surface area contributed by atoms with Crippen LogP contribution in [0.5, 0.6) is 0 Å². The molecular weight excluding hydrogens is 139 g/mol. The van der Waals surface area contributed by atoms with Gasteiger partial charge in [0.15, 0.2) is 0 Å². The number of rotatable bonds is 0. The van der Waals surface area contributed by atoms with Crippen LogP contribution in [0.25, 0.3) is 12.3 Å². The maximum Gasteiger partial charge on any atom is 4.00 e. The fourth-order valence-corrected chi connectivity index (χ4v) is 0. The van der Waals surface area contributed by atoms with Crippen molar-refractivity contribution in [3.63, 3.8) is 0 Å². The Kier molecular flexibility index (Phi) is 518. The minimum absolute atomic E-state index is 0. The quantitative estimate of drug-likeness (QED) is 0.441. The molecule has 25 valence electrons. The normalized spacial score (nSPS) is 0. The SMILES string of the molecule is [Cu+2].[N-3].[N-3].[Ti+4]. The van der Waals surface area contributed by atoms with Gasteiger partial charge in [-0.3, -0.25) is 0 Å². The van der Waals surface area contributed by atoms with Gasteiger partial charge in [-0.1, -0.05) is 0 Å². The van der Waals surface area contributed by atoms with Crippen molar-refractivity contribution in [2.75, 3.05) is 0 Å². The largest absolute Gasteiger partial charge is 4.00 e. The molecular formula is CuN2Ti. The molecule has 0 saturated heterocycles. The molecule has 0 aromatic heterocycles. The second kappa shape index (κ2) is 31.0. The molecule has 0 aliphatic heterocycles. The Morgan fingerprint density at radius 3 is 0.750 bits per heavy atom. The van der Waals surface area contributed by atoms with Crippen molar-refractivity contribution in [3.8, 4) is 0 Å². The maximum atomic E-state index is 0. The summed E-state index contributed by atoms with van der Waals surface area (Å²) in [5.74, 6) is 0. The predicted octanol–water partition coefficient (Wildman–Crippen LogP) is 0.572. The van der Waals surface area contributed by atoms with Gasteiger partial charge in [-0.05, 0) is 0 Å². The Balaban J connectivity index is 0. The Morgan fingerprint density at radius 1 is 0.750 bits per heavy atom. The van der Waals surface area contributed by atoms with Crippen molar-refractivity contribution < 1.29 is 38.8 Å². The standard InChI is InChI=1S/Cu.2N.Ti/q+2;2*-3;+4. The van der Waals surface area contributed by atoms with Gasteiger partial charge in [0.1, 0.15) is 0 Å². The Hall–Kier alpha value is 1.15. The third kappa shape index (κ3) is 11.0. The molecule has 0 saturated carbocycles. The molecule has 0 atom stereocenters. The number of hydrogen-bond acceptors (Lipinski definition) is 0. The Labute approximate surface area is 51.2 Å². The zero-order chi connectivity index (χ0) is 0. The first-order valence-electron chi connectivity index (χ1n) is 0. The Morgan fingerprint density at radius 2 is 0.750 bits per heavy atom. The summed E-state index contributed by atoms with van der Waals surface area (Å²) in [4.78, 5) is 0. The molecule has 0 aromatic rings. The van der Waals surface area contributed by atoms with E-state index < -0.39 is 0 Å². The zero-order valence-electron chi connectivity index (χ0n) is 1.70. The van der Waals surface area contributed by atoms with E-state index in [1.54, 1.807) is 0 Å². The maximum absolute atomic E-state index is 0. The van der Waals surface area contributed by atoms with Crippen LogP contribution in [0.3, 0.4) is 0 Å². The van der Waals surface area contributed by atoms with Crippen LogP contribution in [0, 0.1) is 0 Å². The van der Waals surface area contributed by atoms with Crippen LogP contribution in [0.1, 0.15) is 0 Å². The molecule has 0 heterocycles. The number of hydrogen-bond donors (Lipinski definition) is 0. The molecule has 0 fully saturated rings. The van der Waals surface area contributed by atoms with Crippen molar-refractivity contribution in [1.29, 1.82) is 0 Å². The van der Waals surface area contributed by atoms with Crippen LogP contribution in [-0.2, 0) is 38.8 Å². The second-order valence-corrected chi connectivity index (χ2v) is 0. The van der Waals surface area contributed by atoms with E-state index in [4.69, 9.17) is 0 Å². The van der Waals surface area contributed by atoms with E-state index in [2.05, 4.69) is 0 Å². The minimum atomic E-state index is 0. The molecule has 0 aliphatic rings. The second-order valence-electron chi connectivity index (χ2n) is 0. The molecule has 0 unspecified atom stereocenters. The minimum Gasteiger partial charge on any atom is -3.00 e. The predicted molar refractivity (Wildman–Crippen MR) is 6.72 cm³/mol. The van der Waals surface area contributed by atoms with E-state index >= 15 is 0 Å². The summed E-state index contributed by atoms with van der Waals surface area (Å²) < 4.78 is 0. The van der Waals surface area contributed by atoms with E-state index in [9.17, 15) is 0 Å². The van der Waals surface area contributed by atoms with E-state index in [1.807, 2.05) is 0 Å². The fraction of sp³-hybridized carbons (Fsp3) is 0. The van der Waals surface area contributed by atoms with Crippen LogP contribution in [0.2, 0.25) is 0 Å². The van der Waals surface area contributed by atoms with E-state index in [1.165, 1.54) is 0 Å². The summed E-state index contributed by atoms with van der Waals surface area (Å²) in [6.07, 6.45) is 0. The average Bonchev–Trinajstić information content (AvgIpc) is 0. The topological polar surface area (TPSA) is 61.0 Å².